The van der Waals surface area contributed by atoms with E-state index < -0.39 is 116 Å². The van der Waals surface area contributed by atoms with Crippen LogP contribution in [0.25, 0.3) is 6.08 Å². The fourth-order valence-electron chi connectivity index (χ4n) is 5.42. The number of halogens is 3. The summed E-state index contributed by atoms with van der Waals surface area (Å²) in [5, 5.41) is 67.7. The highest BCUT2D eigenvalue weighted by molar-refractivity contribution is 5.96. The van der Waals surface area contributed by atoms with Crippen LogP contribution >= 0.6 is 0 Å². The van der Waals surface area contributed by atoms with Gasteiger partial charge in [-0.25, -0.2) is 0 Å². The van der Waals surface area contributed by atoms with Gasteiger partial charge >= 0.3 is 6.18 Å². The number of benzene rings is 2. The van der Waals surface area contributed by atoms with Crippen LogP contribution in [0.5, 0.6) is 0 Å². The molecule has 2 aromatic rings. The number of rotatable bonds is 12. The van der Waals surface area contributed by atoms with Crippen molar-refractivity contribution in [2.75, 3.05) is 40.5 Å². The van der Waals surface area contributed by atoms with Crippen LogP contribution in [0.4, 0.5) is 13.2 Å². The lowest BCUT2D eigenvalue weighted by atomic mass is 9.97. The highest BCUT2D eigenvalue weighted by Gasteiger charge is 2.46. The van der Waals surface area contributed by atoms with Gasteiger partial charge < -0.3 is 70.9 Å². The molecule has 58 heavy (non-hydrogen) atoms. The van der Waals surface area contributed by atoms with Crippen LogP contribution < -0.4 is 21.3 Å². The topological polar surface area (TPSA) is 275 Å². The van der Waals surface area contributed by atoms with Crippen LogP contribution in [0.3, 0.4) is 0 Å². The van der Waals surface area contributed by atoms with Gasteiger partial charge in [0.25, 0.3) is 5.91 Å². The van der Waals surface area contributed by atoms with Crippen LogP contribution in [-0.2, 0) is 44.3 Å². The molecule has 0 bridgehead atoms. The smallest absolute Gasteiger partial charge is 0.394 e. The van der Waals surface area contributed by atoms with E-state index in [1.165, 1.54) is 26.4 Å². The van der Waals surface area contributed by atoms with Gasteiger partial charge in [-0.05, 0) is 35.9 Å². The van der Waals surface area contributed by atoms with Crippen molar-refractivity contribution in [1.82, 2.24) is 21.3 Å². The van der Waals surface area contributed by atoms with Gasteiger partial charge in [0.05, 0.1) is 31.9 Å². The number of methoxy groups -OCH3 is 2. The molecular weight excluding hydrogens is 781 g/mol. The van der Waals surface area contributed by atoms with Crippen molar-refractivity contribution in [3.05, 3.63) is 77.4 Å². The largest absolute Gasteiger partial charge is 0.416 e. The van der Waals surface area contributed by atoms with E-state index in [-0.39, 0.29) is 12.1 Å². The number of nitrogens with one attached hydrogen (secondary N) is 4. The Morgan fingerprint density at radius 1 is 0.759 bits per heavy atom. The van der Waals surface area contributed by atoms with Crippen molar-refractivity contribution in [2.45, 2.75) is 67.5 Å². The normalized spacial score (nSPS) is 26.9. The molecule has 21 heteroatoms. The summed E-state index contributed by atoms with van der Waals surface area (Å²) < 4.78 is 58.7. The molecular formula is C37H45F3N4O14. The molecule has 0 radical (unpaired) electrons. The maximum absolute atomic E-state index is 12.7. The van der Waals surface area contributed by atoms with Crippen LogP contribution in [0.1, 0.15) is 16.7 Å². The molecule has 18 nitrogen and oxygen atoms in total. The van der Waals surface area contributed by atoms with Gasteiger partial charge in [0.15, 0.2) is 12.6 Å². The third-order valence-electron chi connectivity index (χ3n) is 8.45. The molecule has 2 heterocycles. The second-order valence-corrected chi connectivity index (χ2v) is 12.5. The Kier molecular flexibility index (Phi) is 18.6. The second-order valence-electron chi connectivity index (χ2n) is 12.5. The zero-order valence-corrected chi connectivity index (χ0v) is 31.0. The van der Waals surface area contributed by atoms with Crippen LogP contribution in [-0.4, -0.2) is 156 Å². The summed E-state index contributed by atoms with van der Waals surface area (Å²) in [5.41, 5.74) is -0.0526. The van der Waals surface area contributed by atoms with Gasteiger partial charge in [-0.1, -0.05) is 36.3 Å². The third-order valence-corrected chi connectivity index (χ3v) is 8.45. The lowest BCUT2D eigenvalue weighted by Crippen LogP contribution is -2.65. The highest BCUT2D eigenvalue weighted by atomic mass is 19.4. The predicted octanol–water partition coefficient (Wildman–Crippen LogP) is -2.87. The van der Waals surface area contributed by atoms with Gasteiger partial charge in [0.2, 0.25) is 17.7 Å². The minimum Gasteiger partial charge on any atom is -0.394 e. The van der Waals surface area contributed by atoms with E-state index in [0.29, 0.717) is 5.56 Å². The SMILES string of the molecule is COC1OC(CO)C(O)C(O)C1NC(=O)CNC(=O)/C=C/c1cccc(C(F)(F)F)c1.COC1OC(CO)C(O)C(O)C1NC(=O)CNC(=O)C#Cc1ccccc1. The lowest BCUT2D eigenvalue weighted by molar-refractivity contribution is -0.262. The van der Waals surface area contributed by atoms with Crippen LogP contribution in [0.15, 0.2) is 60.7 Å². The molecule has 318 valence electrons. The molecule has 0 aromatic heterocycles. The summed E-state index contributed by atoms with van der Waals surface area (Å²) in [7, 11) is 2.53. The minimum absolute atomic E-state index is 0.146. The van der Waals surface area contributed by atoms with E-state index in [2.05, 4.69) is 33.1 Å². The van der Waals surface area contributed by atoms with Gasteiger partial charge in [-0.15, -0.1) is 0 Å². The first-order chi connectivity index (χ1) is 27.5. The molecule has 2 aliphatic rings. The molecule has 4 amide bonds. The first kappa shape index (κ1) is 47.4. The maximum atomic E-state index is 12.7. The van der Waals surface area contributed by atoms with E-state index in [4.69, 9.17) is 29.2 Å². The monoisotopic (exact) mass is 826 g/mol. The summed E-state index contributed by atoms with van der Waals surface area (Å²) >= 11 is 0. The van der Waals surface area contributed by atoms with E-state index in [1.807, 2.05) is 6.07 Å². The number of carbonyl (C=O) groups is 4. The van der Waals surface area contributed by atoms with Gasteiger partial charge in [0.1, 0.15) is 48.7 Å². The van der Waals surface area contributed by atoms with Crippen molar-refractivity contribution in [1.29, 1.82) is 0 Å². The summed E-state index contributed by atoms with van der Waals surface area (Å²) in [6.45, 7) is -2.01. The van der Waals surface area contributed by atoms with E-state index in [9.17, 15) is 52.8 Å². The van der Waals surface area contributed by atoms with Crippen molar-refractivity contribution in [3.8, 4) is 11.8 Å². The highest BCUT2D eigenvalue weighted by Crippen LogP contribution is 2.30. The van der Waals surface area contributed by atoms with E-state index >= 15 is 0 Å². The first-order valence-electron chi connectivity index (χ1n) is 17.4. The zero-order valence-electron chi connectivity index (χ0n) is 31.0. The van der Waals surface area contributed by atoms with Crippen LogP contribution in [0, 0.1) is 11.8 Å². The van der Waals surface area contributed by atoms with Crippen molar-refractivity contribution in [3.63, 3.8) is 0 Å². The Balaban J connectivity index is 0.000000313. The molecule has 0 aliphatic carbocycles. The van der Waals surface area contributed by atoms with Gasteiger partial charge in [-0.3, -0.25) is 19.2 Å². The third kappa shape index (κ3) is 14.1. The molecule has 2 aliphatic heterocycles. The average Bonchev–Trinajstić information content (AvgIpc) is 3.21. The average molecular weight is 827 g/mol. The molecule has 0 saturated carbocycles. The maximum Gasteiger partial charge on any atom is 0.416 e. The quantitative estimate of drug-likeness (QED) is 0.0762. The molecule has 10 atom stereocenters. The predicted molar refractivity (Wildman–Crippen MR) is 193 cm³/mol. The van der Waals surface area contributed by atoms with Crippen LogP contribution in [0.2, 0.25) is 0 Å². The first-order valence-corrected chi connectivity index (χ1v) is 17.4. The molecule has 2 aromatic carbocycles. The minimum atomic E-state index is -4.51. The Bertz CT molecular complexity index is 1760. The summed E-state index contributed by atoms with van der Waals surface area (Å²) in [6, 6.07) is 11.0. The molecule has 4 rings (SSSR count). The zero-order chi connectivity index (χ0) is 43.0. The Morgan fingerprint density at radius 2 is 1.28 bits per heavy atom. The van der Waals surface area contributed by atoms with Crippen molar-refractivity contribution >= 4 is 29.7 Å². The Morgan fingerprint density at radius 3 is 1.76 bits per heavy atom. The lowest BCUT2D eigenvalue weighted by Gasteiger charge is -2.41. The van der Waals surface area contributed by atoms with Crippen molar-refractivity contribution in [2.24, 2.45) is 0 Å². The molecule has 2 saturated heterocycles. The van der Waals surface area contributed by atoms with E-state index in [1.54, 1.807) is 24.3 Å². The fourth-order valence-corrected chi connectivity index (χ4v) is 5.42. The standard InChI is InChI=1S/C19H23F3N2O7.C18H22N2O7/c1-30-18-15(17(29)16(28)12(9-25)31-18)24-14(27)8-23-13(26)6-5-10-3-2-4-11(7-10)19(20,21)22;1-26-18-15(17(25)16(24)12(10-21)27-18)20-14(23)9-19-13(22)8-7-11-5-3-2-4-6-11/h2-7,12,15-18,25,28-29H,8-9H2,1H3,(H,23,26)(H,24,27);2-6,12,15-18,21,24-25H,9-10H2,1H3,(H,19,22)(H,20,23)/b6-5+;. The van der Waals surface area contributed by atoms with Gasteiger partial charge in [0, 0.05) is 31.8 Å². The molecule has 2 fully saturated rings. The summed E-state index contributed by atoms with van der Waals surface area (Å²) in [6.07, 6.45) is -12.6. The number of alkyl halides is 3. The number of carbonyl (C=O) groups excluding carboxylic acids is 4. The van der Waals surface area contributed by atoms with Gasteiger partial charge in [-0.2, -0.15) is 13.2 Å². The summed E-state index contributed by atoms with van der Waals surface area (Å²) in [4.78, 5) is 47.7. The Hall–Kier alpha value is -4.99. The number of amides is 4. The van der Waals surface area contributed by atoms with E-state index in [0.717, 1.165) is 24.3 Å². The number of hydrogen-bond donors (Lipinski definition) is 10. The molecule has 10 N–H and O–H groups in total. The number of aliphatic hydroxyl groups is 6. The molecule has 0 spiro atoms. The molecule has 10 unspecified atom stereocenters. The number of hydrogen-bond acceptors (Lipinski definition) is 14. The fraction of sp³-hybridized carbons (Fsp3) is 0.459. The van der Waals surface area contributed by atoms with Crippen molar-refractivity contribution < 1.29 is 81.9 Å². The number of aliphatic hydroxyl groups excluding tert-OH is 6. The Labute approximate surface area is 329 Å². The second kappa shape index (κ2) is 22.8. The summed E-state index contributed by atoms with van der Waals surface area (Å²) in [5.74, 6) is 2.26. The number of ether oxygens (including phenoxy) is 4.